The number of aryl methyl sites for hydroxylation is 1. The standard InChI is InChI=1S/C21H25FN4O2.ClH/c1-4-8-23-9-7-19(27)26-20-12(2)18(24-13(20)3)11-16-15-10-14(22)5-6-17(15)25-21(16)28;/h5-6,10-11,23-24H,4,7-9H2,1-3H3,(H,25,28)(H,26,27);1H/b16-11-;. The third-order valence-corrected chi connectivity index (χ3v) is 4.75. The van der Waals surface area contributed by atoms with Crippen molar-refractivity contribution in [2.75, 3.05) is 23.7 Å². The number of fused-ring (bicyclic) bond motifs is 1. The zero-order chi connectivity index (χ0) is 20.3. The number of hydrogen-bond donors (Lipinski definition) is 4. The molecule has 29 heavy (non-hydrogen) atoms. The lowest BCUT2D eigenvalue weighted by molar-refractivity contribution is -0.116. The SMILES string of the molecule is CCCNCCC(=O)Nc1c(C)[nH]c(/C=C2\C(=O)Nc3ccc(F)cc32)c1C.Cl. The molecule has 2 amide bonds. The summed E-state index contributed by atoms with van der Waals surface area (Å²) in [6.07, 6.45) is 3.10. The summed E-state index contributed by atoms with van der Waals surface area (Å²) in [6.45, 7) is 7.33. The van der Waals surface area contributed by atoms with Crippen LogP contribution in [-0.4, -0.2) is 29.9 Å². The number of nitrogens with one attached hydrogen (secondary N) is 4. The number of H-pyrrole nitrogens is 1. The minimum atomic E-state index is -0.398. The van der Waals surface area contributed by atoms with Gasteiger partial charge in [-0.3, -0.25) is 9.59 Å². The average Bonchev–Trinajstić information content (AvgIpc) is 3.10. The normalized spacial score (nSPS) is 13.8. The highest BCUT2D eigenvalue weighted by atomic mass is 35.5. The number of anilines is 2. The summed E-state index contributed by atoms with van der Waals surface area (Å²) < 4.78 is 13.6. The van der Waals surface area contributed by atoms with Crippen LogP contribution in [0.25, 0.3) is 11.6 Å². The lowest BCUT2D eigenvalue weighted by Gasteiger charge is -2.07. The smallest absolute Gasteiger partial charge is 0.256 e. The average molecular weight is 421 g/mol. The Kier molecular flexibility index (Phi) is 7.59. The number of carbonyl (C=O) groups excluding carboxylic acids is 2. The molecule has 1 aliphatic rings. The summed E-state index contributed by atoms with van der Waals surface area (Å²) in [5.41, 5.74) is 4.57. The van der Waals surface area contributed by atoms with E-state index < -0.39 is 5.82 Å². The molecule has 0 fully saturated rings. The lowest BCUT2D eigenvalue weighted by Crippen LogP contribution is -2.22. The van der Waals surface area contributed by atoms with E-state index in [0.29, 0.717) is 41.2 Å². The van der Waals surface area contributed by atoms with E-state index in [2.05, 4.69) is 27.9 Å². The molecule has 0 saturated heterocycles. The van der Waals surface area contributed by atoms with Crippen LogP contribution in [0.3, 0.4) is 0 Å². The number of hydrogen-bond acceptors (Lipinski definition) is 3. The molecule has 0 atom stereocenters. The van der Waals surface area contributed by atoms with Crippen molar-refractivity contribution in [3.8, 4) is 0 Å². The summed E-state index contributed by atoms with van der Waals surface area (Å²) in [6, 6.07) is 4.21. The number of carbonyl (C=O) groups is 2. The maximum Gasteiger partial charge on any atom is 0.256 e. The van der Waals surface area contributed by atoms with Gasteiger partial charge in [-0.2, -0.15) is 0 Å². The summed E-state index contributed by atoms with van der Waals surface area (Å²) >= 11 is 0. The van der Waals surface area contributed by atoms with E-state index in [4.69, 9.17) is 0 Å². The monoisotopic (exact) mass is 420 g/mol. The molecule has 0 saturated carbocycles. The Morgan fingerprint density at radius 2 is 2.00 bits per heavy atom. The van der Waals surface area contributed by atoms with Gasteiger partial charge in [0.15, 0.2) is 0 Å². The second-order valence-electron chi connectivity index (χ2n) is 6.91. The van der Waals surface area contributed by atoms with Gasteiger partial charge in [0, 0.05) is 35.6 Å². The van der Waals surface area contributed by atoms with Crippen molar-refractivity contribution in [1.82, 2.24) is 10.3 Å². The first-order valence-corrected chi connectivity index (χ1v) is 9.43. The van der Waals surface area contributed by atoms with Crippen molar-refractivity contribution in [2.24, 2.45) is 0 Å². The van der Waals surface area contributed by atoms with Crippen LogP contribution in [0, 0.1) is 19.7 Å². The van der Waals surface area contributed by atoms with E-state index >= 15 is 0 Å². The van der Waals surface area contributed by atoms with Crippen molar-refractivity contribution >= 4 is 47.2 Å². The highest BCUT2D eigenvalue weighted by Crippen LogP contribution is 2.35. The highest BCUT2D eigenvalue weighted by Gasteiger charge is 2.25. The van der Waals surface area contributed by atoms with E-state index in [9.17, 15) is 14.0 Å². The van der Waals surface area contributed by atoms with E-state index in [0.717, 1.165) is 24.2 Å². The van der Waals surface area contributed by atoms with Gasteiger partial charge in [0.05, 0.1) is 11.3 Å². The van der Waals surface area contributed by atoms with Crippen LogP contribution < -0.4 is 16.0 Å². The quantitative estimate of drug-likeness (QED) is 0.403. The van der Waals surface area contributed by atoms with Crippen molar-refractivity contribution < 1.29 is 14.0 Å². The minimum Gasteiger partial charge on any atom is -0.357 e. The Morgan fingerprint density at radius 1 is 1.24 bits per heavy atom. The molecule has 1 aliphatic heterocycles. The van der Waals surface area contributed by atoms with Crippen molar-refractivity contribution in [1.29, 1.82) is 0 Å². The predicted octanol–water partition coefficient (Wildman–Crippen LogP) is 4.01. The zero-order valence-electron chi connectivity index (χ0n) is 16.7. The van der Waals surface area contributed by atoms with Crippen LogP contribution in [0.5, 0.6) is 0 Å². The van der Waals surface area contributed by atoms with E-state index in [-0.39, 0.29) is 24.2 Å². The van der Waals surface area contributed by atoms with Crippen molar-refractivity contribution in [3.05, 3.63) is 46.5 Å². The second kappa shape index (κ2) is 9.71. The maximum absolute atomic E-state index is 13.6. The maximum atomic E-state index is 13.6. The molecule has 2 heterocycles. The Balaban J connectivity index is 0.00000300. The first kappa shape index (κ1) is 22.6. The first-order chi connectivity index (χ1) is 13.4. The summed E-state index contributed by atoms with van der Waals surface area (Å²) in [5, 5.41) is 8.88. The number of benzene rings is 1. The Bertz CT molecular complexity index is 952. The molecular formula is C21H26ClFN4O2. The Hall–Kier alpha value is -2.64. The molecule has 4 N–H and O–H groups in total. The van der Waals surface area contributed by atoms with Gasteiger partial charge in [-0.05, 0) is 56.7 Å². The van der Waals surface area contributed by atoms with Crippen LogP contribution in [0.15, 0.2) is 18.2 Å². The molecule has 0 radical (unpaired) electrons. The molecule has 156 valence electrons. The fourth-order valence-corrected chi connectivity index (χ4v) is 3.26. The number of amides is 2. The fraction of sp³-hybridized carbons (Fsp3) is 0.333. The Morgan fingerprint density at radius 3 is 2.72 bits per heavy atom. The predicted molar refractivity (Wildman–Crippen MR) is 117 cm³/mol. The molecule has 1 aromatic carbocycles. The number of rotatable bonds is 7. The molecular weight excluding hydrogens is 395 g/mol. The van der Waals surface area contributed by atoms with Crippen LogP contribution >= 0.6 is 12.4 Å². The minimum absolute atomic E-state index is 0. The van der Waals surface area contributed by atoms with Gasteiger partial charge in [0.25, 0.3) is 5.91 Å². The lowest BCUT2D eigenvalue weighted by atomic mass is 10.0. The molecule has 0 bridgehead atoms. The topological polar surface area (TPSA) is 86.0 Å². The van der Waals surface area contributed by atoms with Gasteiger partial charge in [-0.25, -0.2) is 4.39 Å². The van der Waals surface area contributed by atoms with Gasteiger partial charge in [0.1, 0.15) is 5.82 Å². The van der Waals surface area contributed by atoms with Gasteiger partial charge in [-0.1, -0.05) is 6.92 Å². The molecule has 0 spiro atoms. The Labute approximate surface area is 175 Å². The first-order valence-electron chi connectivity index (χ1n) is 9.43. The van der Waals surface area contributed by atoms with Crippen molar-refractivity contribution in [2.45, 2.75) is 33.6 Å². The number of aromatic nitrogens is 1. The fourth-order valence-electron chi connectivity index (χ4n) is 3.26. The van der Waals surface area contributed by atoms with Crippen LogP contribution in [0.1, 0.15) is 42.3 Å². The molecule has 1 aromatic heterocycles. The molecule has 8 heteroatoms. The van der Waals surface area contributed by atoms with E-state index in [1.54, 1.807) is 12.1 Å². The summed E-state index contributed by atoms with van der Waals surface area (Å²) in [5.74, 6) is -0.746. The van der Waals surface area contributed by atoms with Crippen LogP contribution in [0.2, 0.25) is 0 Å². The van der Waals surface area contributed by atoms with Gasteiger partial charge in [-0.15, -0.1) is 12.4 Å². The van der Waals surface area contributed by atoms with E-state index in [1.165, 1.54) is 12.1 Å². The van der Waals surface area contributed by atoms with Gasteiger partial charge < -0.3 is 20.9 Å². The van der Waals surface area contributed by atoms with Crippen LogP contribution in [0.4, 0.5) is 15.8 Å². The van der Waals surface area contributed by atoms with Crippen molar-refractivity contribution in [3.63, 3.8) is 0 Å². The summed E-state index contributed by atoms with van der Waals surface area (Å²) in [4.78, 5) is 27.7. The largest absolute Gasteiger partial charge is 0.357 e. The molecule has 3 rings (SSSR count). The third-order valence-electron chi connectivity index (χ3n) is 4.75. The van der Waals surface area contributed by atoms with Gasteiger partial charge in [0.2, 0.25) is 5.91 Å². The third kappa shape index (κ3) is 5.05. The van der Waals surface area contributed by atoms with E-state index in [1.807, 2.05) is 13.8 Å². The number of aromatic amines is 1. The zero-order valence-corrected chi connectivity index (χ0v) is 17.6. The number of halogens is 2. The van der Waals surface area contributed by atoms with Gasteiger partial charge >= 0.3 is 0 Å². The highest BCUT2D eigenvalue weighted by molar-refractivity contribution is 6.34. The molecule has 6 nitrogen and oxygen atoms in total. The summed E-state index contributed by atoms with van der Waals surface area (Å²) in [7, 11) is 0. The van der Waals surface area contributed by atoms with Crippen LogP contribution in [-0.2, 0) is 9.59 Å². The molecule has 0 unspecified atom stereocenters. The second-order valence-corrected chi connectivity index (χ2v) is 6.91. The molecule has 0 aliphatic carbocycles. The molecule has 2 aromatic rings.